The van der Waals surface area contributed by atoms with E-state index in [1.807, 2.05) is 36.4 Å². The summed E-state index contributed by atoms with van der Waals surface area (Å²) >= 11 is 0. The number of ether oxygens (including phenoxy) is 2. The highest BCUT2D eigenvalue weighted by Gasteiger charge is 2.42. The lowest BCUT2D eigenvalue weighted by Crippen LogP contribution is -2.42. The van der Waals surface area contributed by atoms with E-state index in [9.17, 15) is 4.79 Å². The number of hydrogen-bond donors (Lipinski definition) is 0. The zero-order valence-electron chi connectivity index (χ0n) is 9.69. The molecule has 0 saturated carbocycles. The molecule has 0 aliphatic carbocycles. The number of benzene rings is 2. The Labute approximate surface area is 99.0 Å². The van der Waals surface area contributed by atoms with E-state index >= 15 is 0 Å². The molecule has 0 spiro atoms. The Morgan fingerprint density at radius 3 is 2.65 bits per heavy atom. The van der Waals surface area contributed by atoms with E-state index in [-0.39, 0.29) is 5.78 Å². The van der Waals surface area contributed by atoms with Crippen molar-refractivity contribution in [3.05, 3.63) is 36.4 Å². The van der Waals surface area contributed by atoms with Gasteiger partial charge in [0, 0.05) is 19.2 Å². The smallest absolute Gasteiger partial charge is 0.308 e. The normalized spacial score (nSPS) is 21.8. The molecule has 0 fully saturated rings. The Morgan fingerprint density at radius 1 is 1.12 bits per heavy atom. The van der Waals surface area contributed by atoms with Crippen LogP contribution in [0.3, 0.4) is 0 Å². The first-order valence-corrected chi connectivity index (χ1v) is 5.51. The second-order valence-corrected chi connectivity index (χ2v) is 4.32. The molecule has 1 aliphatic rings. The molecule has 1 heterocycles. The van der Waals surface area contributed by atoms with Crippen LogP contribution in [0.15, 0.2) is 36.4 Å². The van der Waals surface area contributed by atoms with Gasteiger partial charge in [-0.1, -0.05) is 30.3 Å². The minimum atomic E-state index is -1.19. The molecule has 1 unspecified atom stereocenters. The largest absolute Gasteiger partial charge is 0.442 e. The fourth-order valence-corrected chi connectivity index (χ4v) is 1.98. The standard InChI is InChI=1S/C14H12O3/c1-9(15)14(2)16-12-8-7-10-5-3-4-6-11(10)13(12)17-14/h3-8H,1-2H3. The number of fused-ring (bicyclic) bond motifs is 3. The van der Waals surface area contributed by atoms with Gasteiger partial charge in [0.2, 0.25) is 5.78 Å². The predicted molar refractivity (Wildman–Crippen MR) is 64.3 cm³/mol. The number of hydrogen-bond acceptors (Lipinski definition) is 3. The molecule has 0 amide bonds. The van der Waals surface area contributed by atoms with Crippen LogP contribution >= 0.6 is 0 Å². The van der Waals surface area contributed by atoms with Gasteiger partial charge < -0.3 is 9.47 Å². The Balaban J connectivity index is 2.20. The number of ketones is 1. The molecule has 0 N–H and O–H groups in total. The van der Waals surface area contributed by atoms with E-state index in [0.717, 1.165) is 10.8 Å². The number of carbonyl (C=O) groups is 1. The second-order valence-electron chi connectivity index (χ2n) is 4.32. The maximum Gasteiger partial charge on any atom is 0.308 e. The van der Waals surface area contributed by atoms with Crippen molar-refractivity contribution in [3.8, 4) is 11.5 Å². The van der Waals surface area contributed by atoms with Crippen molar-refractivity contribution < 1.29 is 14.3 Å². The molecular formula is C14H12O3. The topological polar surface area (TPSA) is 35.5 Å². The summed E-state index contributed by atoms with van der Waals surface area (Å²) in [6.45, 7) is 3.11. The van der Waals surface area contributed by atoms with E-state index < -0.39 is 5.79 Å². The summed E-state index contributed by atoms with van der Waals surface area (Å²) in [6.07, 6.45) is 0. The van der Waals surface area contributed by atoms with Gasteiger partial charge in [0.05, 0.1) is 0 Å². The molecule has 3 rings (SSSR count). The number of rotatable bonds is 1. The third-order valence-electron chi connectivity index (χ3n) is 3.08. The average Bonchev–Trinajstić information content (AvgIpc) is 2.67. The summed E-state index contributed by atoms with van der Waals surface area (Å²) in [5.41, 5.74) is 0. The lowest BCUT2D eigenvalue weighted by atomic mass is 10.1. The molecule has 3 nitrogen and oxygen atoms in total. The van der Waals surface area contributed by atoms with Gasteiger partial charge in [-0.3, -0.25) is 4.79 Å². The Bertz CT molecular complexity index is 618. The second kappa shape index (κ2) is 3.23. The molecule has 0 saturated heterocycles. The summed E-state index contributed by atoms with van der Waals surface area (Å²) in [5, 5.41) is 2.04. The van der Waals surface area contributed by atoms with Gasteiger partial charge >= 0.3 is 5.79 Å². The minimum absolute atomic E-state index is 0.141. The van der Waals surface area contributed by atoms with E-state index in [0.29, 0.717) is 11.5 Å². The highest BCUT2D eigenvalue weighted by molar-refractivity contribution is 5.93. The quantitative estimate of drug-likeness (QED) is 0.752. The first kappa shape index (κ1) is 10.1. The highest BCUT2D eigenvalue weighted by Crippen LogP contribution is 2.44. The molecule has 0 bridgehead atoms. The Kier molecular flexibility index (Phi) is 1.93. The van der Waals surface area contributed by atoms with Crippen molar-refractivity contribution in [2.45, 2.75) is 19.6 Å². The molecule has 1 atom stereocenters. The lowest BCUT2D eigenvalue weighted by Gasteiger charge is -2.18. The summed E-state index contributed by atoms with van der Waals surface area (Å²) in [7, 11) is 0. The van der Waals surface area contributed by atoms with Crippen LogP contribution in [0.5, 0.6) is 11.5 Å². The zero-order chi connectivity index (χ0) is 12.0. The minimum Gasteiger partial charge on any atom is -0.442 e. The maximum atomic E-state index is 11.5. The van der Waals surface area contributed by atoms with E-state index in [1.54, 1.807) is 6.92 Å². The van der Waals surface area contributed by atoms with Crippen molar-refractivity contribution in [2.75, 3.05) is 0 Å². The Hall–Kier alpha value is -2.03. The first-order chi connectivity index (χ1) is 8.10. The fourth-order valence-electron chi connectivity index (χ4n) is 1.98. The lowest BCUT2D eigenvalue weighted by molar-refractivity contribution is -0.148. The van der Waals surface area contributed by atoms with Crippen molar-refractivity contribution in [3.63, 3.8) is 0 Å². The van der Waals surface area contributed by atoms with Gasteiger partial charge in [-0.2, -0.15) is 0 Å². The van der Waals surface area contributed by atoms with Crippen molar-refractivity contribution >= 4 is 16.6 Å². The molecule has 86 valence electrons. The van der Waals surface area contributed by atoms with Gasteiger partial charge in [0.25, 0.3) is 0 Å². The maximum absolute atomic E-state index is 11.5. The highest BCUT2D eigenvalue weighted by atomic mass is 16.7. The molecular weight excluding hydrogens is 216 g/mol. The van der Waals surface area contributed by atoms with Gasteiger partial charge in [0.15, 0.2) is 11.5 Å². The van der Waals surface area contributed by atoms with Gasteiger partial charge in [0.1, 0.15) is 0 Å². The first-order valence-electron chi connectivity index (χ1n) is 5.51. The zero-order valence-corrected chi connectivity index (χ0v) is 9.69. The summed E-state index contributed by atoms with van der Waals surface area (Å²) in [4.78, 5) is 11.5. The SMILES string of the molecule is CC(=O)C1(C)Oc2ccc3ccccc3c2O1. The third-order valence-corrected chi connectivity index (χ3v) is 3.08. The summed E-state index contributed by atoms with van der Waals surface area (Å²) in [5.74, 6) is -0.0492. The van der Waals surface area contributed by atoms with E-state index in [4.69, 9.17) is 9.47 Å². The van der Waals surface area contributed by atoms with Crippen LogP contribution in [0.25, 0.3) is 10.8 Å². The van der Waals surface area contributed by atoms with Crippen molar-refractivity contribution in [2.24, 2.45) is 0 Å². The fraction of sp³-hybridized carbons (Fsp3) is 0.214. The summed E-state index contributed by atoms with van der Waals surface area (Å²) in [6, 6.07) is 11.7. The average molecular weight is 228 g/mol. The molecule has 2 aromatic rings. The number of carbonyl (C=O) groups excluding carboxylic acids is 1. The molecule has 17 heavy (non-hydrogen) atoms. The molecule has 0 aromatic heterocycles. The third kappa shape index (κ3) is 1.39. The predicted octanol–water partition coefficient (Wildman–Crippen LogP) is 2.92. The molecule has 3 heteroatoms. The van der Waals surface area contributed by atoms with Gasteiger partial charge in [-0.05, 0) is 11.5 Å². The Morgan fingerprint density at radius 2 is 1.88 bits per heavy atom. The molecule has 0 radical (unpaired) electrons. The molecule has 2 aromatic carbocycles. The van der Waals surface area contributed by atoms with Crippen molar-refractivity contribution in [1.29, 1.82) is 0 Å². The van der Waals surface area contributed by atoms with Crippen LogP contribution in [0, 0.1) is 0 Å². The van der Waals surface area contributed by atoms with E-state index in [2.05, 4.69) is 0 Å². The number of Topliss-reactive ketones (excluding diaryl/α,β-unsaturated/α-hetero) is 1. The van der Waals surface area contributed by atoms with Crippen molar-refractivity contribution in [1.82, 2.24) is 0 Å². The monoisotopic (exact) mass is 228 g/mol. The molecule has 1 aliphatic heterocycles. The van der Waals surface area contributed by atoms with Gasteiger partial charge in [-0.15, -0.1) is 0 Å². The van der Waals surface area contributed by atoms with Crippen LogP contribution in [0.4, 0.5) is 0 Å². The van der Waals surface area contributed by atoms with Crippen LogP contribution in [0.2, 0.25) is 0 Å². The van der Waals surface area contributed by atoms with Crippen LogP contribution in [0.1, 0.15) is 13.8 Å². The van der Waals surface area contributed by atoms with Crippen LogP contribution < -0.4 is 9.47 Å². The summed E-state index contributed by atoms with van der Waals surface area (Å²) < 4.78 is 11.3. The van der Waals surface area contributed by atoms with E-state index in [1.165, 1.54) is 6.92 Å². The van der Waals surface area contributed by atoms with Gasteiger partial charge in [-0.25, -0.2) is 0 Å². The van der Waals surface area contributed by atoms with Crippen LogP contribution in [-0.2, 0) is 4.79 Å². The van der Waals surface area contributed by atoms with Crippen LogP contribution in [-0.4, -0.2) is 11.6 Å².